The summed E-state index contributed by atoms with van der Waals surface area (Å²) in [4.78, 5) is 27.0. The third-order valence-corrected chi connectivity index (χ3v) is 8.93. The number of esters is 1. The van der Waals surface area contributed by atoms with Crippen molar-refractivity contribution >= 4 is 40.0 Å². The average molecular weight is 530 g/mol. The van der Waals surface area contributed by atoms with E-state index in [1.54, 1.807) is 6.92 Å². The molecule has 36 heavy (non-hydrogen) atoms. The normalized spacial score (nSPS) is 16.3. The van der Waals surface area contributed by atoms with Gasteiger partial charge in [0.25, 0.3) is 5.03 Å². The zero-order valence-corrected chi connectivity index (χ0v) is 23.0. The van der Waals surface area contributed by atoms with Crippen molar-refractivity contribution < 1.29 is 28.6 Å². The van der Waals surface area contributed by atoms with Crippen LogP contribution in [0.25, 0.3) is 5.69 Å². The Morgan fingerprint density at radius 1 is 1.31 bits per heavy atom. The summed E-state index contributed by atoms with van der Waals surface area (Å²) in [7, 11) is 1.35. The minimum absolute atomic E-state index is 0.156. The lowest BCUT2D eigenvalue weighted by molar-refractivity contribution is -0.705. The predicted octanol–water partition coefficient (Wildman–Crippen LogP) is 4.45. The van der Waals surface area contributed by atoms with Crippen LogP contribution in [0.15, 0.2) is 33.8 Å². The molecule has 0 aliphatic heterocycles. The fourth-order valence-corrected chi connectivity index (χ4v) is 6.55. The van der Waals surface area contributed by atoms with Gasteiger partial charge in [0.15, 0.2) is 5.95 Å². The molecule has 0 saturated heterocycles. The van der Waals surface area contributed by atoms with Gasteiger partial charge in [0, 0.05) is 17.0 Å². The molecule has 2 unspecified atom stereocenters. The van der Waals surface area contributed by atoms with Gasteiger partial charge in [-0.2, -0.15) is 0 Å². The molecule has 1 amide bonds. The molecule has 0 bridgehead atoms. The Morgan fingerprint density at radius 2 is 2.00 bits per heavy atom. The van der Waals surface area contributed by atoms with Crippen LogP contribution in [0.4, 0.5) is 5.00 Å². The van der Waals surface area contributed by atoms with Crippen molar-refractivity contribution in [3.63, 3.8) is 0 Å². The molecule has 2 aromatic heterocycles. The van der Waals surface area contributed by atoms with Crippen molar-refractivity contribution in [3.05, 3.63) is 45.8 Å². The van der Waals surface area contributed by atoms with E-state index in [9.17, 15) is 14.7 Å². The minimum Gasteiger partial charge on any atom is -0.538 e. The summed E-state index contributed by atoms with van der Waals surface area (Å²) in [5.41, 5.74) is 3.30. The van der Waals surface area contributed by atoms with Crippen LogP contribution >= 0.6 is 23.1 Å². The zero-order chi connectivity index (χ0) is 26.2. The number of rotatable bonds is 6. The number of aryl methyl sites for hydroxylation is 1. The van der Waals surface area contributed by atoms with Crippen LogP contribution < -0.4 is 15.1 Å². The quantitative estimate of drug-likeness (QED) is 0.285. The second kappa shape index (κ2) is 10.3. The van der Waals surface area contributed by atoms with E-state index in [0.29, 0.717) is 22.2 Å². The molecule has 1 N–H and O–H groups in total. The van der Waals surface area contributed by atoms with Crippen molar-refractivity contribution in [2.24, 2.45) is 11.3 Å². The first-order valence-corrected chi connectivity index (χ1v) is 13.6. The molecule has 8 nitrogen and oxygen atoms in total. The number of benzene rings is 1. The van der Waals surface area contributed by atoms with Crippen LogP contribution in [0.3, 0.4) is 0 Å². The first kappa shape index (κ1) is 26.2. The van der Waals surface area contributed by atoms with E-state index in [-0.39, 0.29) is 16.3 Å². The topological polar surface area (TPSA) is 108 Å². The number of hydrogen-bond acceptors (Lipinski definition) is 8. The van der Waals surface area contributed by atoms with Gasteiger partial charge in [-0.25, -0.2) is 4.79 Å². The van der Waals surface area contributed by atoms with Gasteiger partial charge in [-0.05, 0) is 66.4 Å². The molecule has 0 fully saturated rings. The van der Waals surface area contributed by atoms with Gasteiger partial charge in [-0.3, -0.25) is 4.79 Å². The Morgan fingerprint density at radius 3 is 2.64 bits per heavy atom. The molecule has 3 aromatic rings. The second-order valence-corrected chi connectivity index (χ2v) is 12.6. The number of carbonyl (C=O) groups excluding carboxylic acids is 2. The van der Waals surface area contributed by atoms with Crippen molar-refractivity contribution in [1.29, 1.82) is 0 Å². The number of methoxy groups -OCH3 is 1. The SMILES string of the molecule is COC(=O)c1c(NC(=O)C(C)Sc2c([O-])on[n+]2-c2ccc(C)cc2)sc2c1CCC(C(C)(C)C)C2. The molecule has 0 saturated carbocycles. The number of nitrogens with zero attached hydrogens (tertiary/aromatic N) is 2. The summed E-state index contributed by atoms with van der Waals surface area (Å²) in [6, 6.07) is 7.47. The number of hydrogen-bond donors (Lipinski definition) is 1. The van der Waals surface area contributed by atoms with Crippen LogP contribution in [0.5, 0.6) is 5.95 Å². The smallest absolute Gasteiger partial charge is 0.341 e. The number of thioether (sulfide) groups is 1. The van der Waals surface area contributed by atoms with E-state index in [4.69, 9.17) is 9.26 Å². The maximum absolute atomic E-state index is 13.2. The number of nitrogens with one attached hydrogen (secondary N) is 1. The summed E-state index contributed by atoms with van der Waals surface area (Å²) < 4.78 is 11.3. The number of fused-ring (bicyclic) bond motifs is 1. The molecule has 192 valence electrons. The summed E-state index contributed by atoms with van der Waals surface area (Å²) in [6.07, 6.45) is 2.62. The van der Waals surface area contributed by atoms with Crippen molar-refractivity contribution in [3.8, 4) is 11.6 Å². The Balaban J connectivity index is 1.56. The lowest BCUT2D eigenvalue weighted by Gasteiger charge is -2.33. The highest BCUT2D eigenvalue weighted by molar-refractivity contribution is 8.00. The molecule has 1 aliphatic rings. The van der Waals surface area contributed by atoms with Gasteiger partial charge in [-0.1, -0.05) is 38.5 Å². The fourth-order valence-electron chi connectivity index (χ4n) is 4.35. The fraction of sp³-hybridized carbons (Fsp3) is 0.462. The highest BCUT2D eigenvalue weighted by Gasteiger charge is 2.35. The molecule has 2 heterocycles. The van der Waals surface area contributed by atoms with E-state index < -0.39 is 17.2 Å². The monoisotopic (exact) mass is 529 g/mol. The summed E-state index contributed by atoms with van der Waals surface area (Å²) in [6.45, 7) is 10.4. The van der Waals surface area contributed by atoms with Crippen LogP contribution in [-0.2, 0) is 22.4 Å². The molecule has 0 radical (unpaired) electrons. The van der Waals surface area contributed by atoms with Crippen molar-refractivity contribution in [2.75, 3.05) is 12.4 Å². The van der Waals surface area contributed by atoms with E-state index in [0.717, 1.165) is 47.0 Å². The highest BCUT2D eigenvalue weighted by atomic mass is 32.2. The van der Waals surface area contributed by atoms with Gasteiger partial charge >= 0.3 is 5.97 Å². The number of carbonyl (C=O) groups is 2. The Labute approximate surface area is 219 Å². The number of thiophene rings is 1. The standard InChI is InChI=1S/C26H31N3O5S2/c1-14-7-10-17(11-8-14)29-23(25(32)34-28-29)35-15(2)21(30)27-22-20(24(31)33-6)18-12-9-16(26(3,4)5)13-19(18)36-22/h7-8,10-11,15-16H,9,12-13H2,1-6H3,(H-,27,28,30,31,32). The Kier molecular flexibility index (Phi) is 7.47. The van der Waals surface area contributed by atoms with Gasteiger partial charge in [0.1, 0.15) is 5.00 Å². The highest BCUT2D eigenvalue weighted by Crippen LogP contribution is 2.44. The van der Waals surface area contributed by atoms with Crippen LogP contribution in [0, 0.1) is 18.3 Å². The molecule has 2 atom stereocenters. The van der Waals surface area contributed by atoms with Crippen LogP contribution in [0.1, 0.15) is 60.5 Å². The first-order chi connectivity index (χ1) is 17.0. The van der Waals surface area contributed by atoms with Crippen molar-refractivity contribution in [2.45, 2.75) is 64.2 Å². The van der Waals surface area contributed by atoms with Gasteiger partial charge in [0.2, 0.25) is 11.6 Å². The summed E-state index contributed by atoms with van der Waals surface area (Å²) >= 11 is 2.50. The third-order valence-electron chi connectivity index (χ3n) is 6.62. The lowest BCUT2D eigenvalue weighted by Crippen LogP contribution is -2.36. The molecule has 1 aromatic carbocycles. The zero-order valence-electron chi connectivity index (χ0n) is 21.3. The minimum atomic E-state index is -0.652. The molecule has 0 spiro atoms. The number of amides is 1. The Bertz CT molecular complexity index is 1270. The maximum atomic E-state index is 13.2. The molecular formula is C26H31N3O5S2. The Hall–Kier alpha value is -2.85. The van der Waals surface area contributed by atoms with Gasteiger partial charge in [-0.15, -0.1) is 11.3 Å². The number of anilines is 1. The lowest BCUT2D eigenvalue weighted by atomic mass is 9.72. The third kappa shape index (κ3) is 5.29. The predicted molar refractivity (Wildman–Crippen MR) is 137 cm³/mol. The second-order valence-electron chi connectivity index (χ2n) is 10.2. The van der Waals surface area contributed by atoms with Crippen LogP contribution in [-0.4, -0.2) is 29.5 Å². The molecular weight excluding hydrogens is 498 g/mol. The molecule has 1 aliphatic carbocycles. The van der Waals surface area contributed by atoms with Gasteiger partial charge < -0.3 is 19.7 Å². The largest absolute Gasteiger partial charge is 0.538 e. The maximum Gasteiger partial charge on any atom is 0.341 e. The van der Waals surface area contributed by atoms with E-state index in [2.05, 4.69) is 31.4 Å². The number of aromatic nitrogens is 2. The van der Waals surface area contributed by atoms with Crippen molar-refractivity contribution in [1.82, 2.24) is 5.27 Å². The summed E-state index contributed by atoms with van der Waals surface area (Å²) in [5.74, 6) is -0.897. The first-order valence-electron chi connectivity index (χ1n) is 11.9. The molecule has 4 rings (SSSR count). The van der Waals surface area contributed by atoms with E-state index in [1.165, 1.54) is 23.1 Å². The van der Waals surface area contributed by atoms with E-state index in [1.807, 2.05) is 31.2 Å². The average Bonchev–Trinajstić information content (AvgIpc) is 3.37. The summed E-state index contributed by atoms with van der Waals surface area (Å²) in [5, 5.41) is 19.2. The van der Waals surface area contributed by atoms with Crippen LogP contribution in [0.2, 0.25) is 0 Å². The molecule has 10 heteroatoms. The van der Waals surface area contributed by atoms with Gasteiger partial charge in [0.05, 0.1) is 23.2 Å². The number of ether oxygens (including phenoxy) is 1. The van der Waals surface area contributed by atoms with E-state index >= 15 is 0 Å².